The second kappa shape index (κ2) is 32.3. The molecule has 0 aliphatic carbocycles. The van der Waals surface area contributed by atoms with Gasteiger partial charge in [-0.3, -0.25) is 47.9 Å². The summed E-state index contributed by atoms with van der Waals surface area (Å²) in [5, 5.41) is 57.5. The summed E-state index contributed by atoms with van der Waals surface area (Å²) < 4.78 is 0. The van der Waals surface area contributed by atoms with Gasteiger partial charge >= 0.3 is 11.9 Å². The van der Waals surface area contributed by atoms with Crippen molar-refractivity contribution in [1.29, 1.82) is 0 Å². The van der Waals surface area contributed by atoms with Gasteiger partial charge < -0.3 is 74.4 Å². The van der Waals surface area contributed by atoms with E-state index in [1.54, 1.807) is 61.6 Å². The monoisotopic (exact) mass is 1000 g/mol. The lowest BCUT2D eigenvalue weighted by Crippen LogP contribution is -2.62. The number of carbonyl (C=O) groups is 11. The summed E-state index contributed by atoms with van der Waals surface area (Å²) in [6.45, 7) is 11.4. The van der Waals surface area contributed by atoms with E-state index in [1.165, 1.54) is 11.8 Å². The van der Waals surface area contributed by atoms with Gasteiger partial charge in [-0.25, -0.2) is 4.79 Å². The Hall–Kier alpha value is -5.60. The lowest BCUT2D eigenvalue weighted by molar-refractivity contribution is -0.143. The molecule has 9 amide bonds. The Morgan fingerprint density at radius 2 is 0.884 bits per heavy atom. The van der Waals surface area contributed by atoms with Crippen molar-refractivity contribution in [3.8, 4) is 0 Å². The molecule has 0 aromatic heterocycles. The van der Waals surface area contributed by atoms with Crippen LogP contribution in [-0.2, 0) is 52.7 Å². The molecule has 0 aliphatic heterocycles. The summed E-state index contributed by atoms with van der Waals surface area (Å²) in [4.78, 5) is 143. The number of thioether (sulfide) groups is 1. The van der Waals surface area contributed by atoms with Gasteiger partial charge in [0, 0.05) is 12.8 Å². The highest BCUT2D eigenvalue weighted by molar-refractivity contribution is 7.98. The number of primary amides is 1. The number of carbonyl (C=O) groups excluding carboxylic acids is 9. The van der Waals surface area contributed by atoms with Gasteiger partial charge in [0.05, 0.1) is 19.3 Å². The van der Waals surface area contributed by atoms with E-state index in [2.05, 4.69) is 42.5 Å². The Kier molecular flexibility index (Phi) is 29.6. The van der Waals surface area contributed by atoms with Crippen molar-refractivity contribution in [2.24, 2.45) is 35.1 Å². The fourth-order valence-electron chi connectivity index (χ4n) is 6.38. The van der Waals surface area contributed by atoms with E-state index in [-0.39, 0.29) is 31.1 Å². The predicted octanol–water partition coefficient (Wildman–Crippen LogP) is -3.45. The third-order valence-electron chi connectivity index (χ3n) is 10.8. The number of hydrogen-bond donors (Lipinski definition) is 14. The standard InChI is InChI=1S/C43H76N10O15S/c1-10-23(8)32(45)40(64)50-28(18-54)39(63)46-25(12-14-31(57)58)35(59)47-26(15-16-69-9)37(61)52-34(22(6)7)42(66)53-33(21(4)5)41(65)48-24(11-13-30(44)56)36(60)49-27(17-20(2)3)38(62)51-29(19-55)43(67)68/h20-29,32-34,54-55H,10-19,45H2,1-9H3,(H2,44,56)(H,46,63)(H,47,59)(H,48,65)(H,49,60)(H,50,64)(H,51,62)(H,52,61)(H,53,66)(H,57,58)(H,67,68)/t23-,24-,25-,26-,27-,28-,29-,32-,33-,34-/m0/s1. The molecule has 0 spiro atoms. The van der Waals surface area contributed by atoms with Crippen LogP contribution in [0.5, 0.6) is 0 Å². The zero-order valence-electron chi connectivity index (χ0n) is 40.9. The molecule has 0 aromatic rings. The third kappa shape index (κ3) is 23.5. The minimum atomic E-state index is -1.68. The number of nitrogens with two attached hydrogens (primary N) is 2. The summed E-state index contributed by atoms with van der Waals surface area (Å²) in [7, 11) is 0. The van der Waals surface area contributed by atoms with Crippen LogP contribution in [0.25, 0.3) is 0 Å². The van der Waals surface area contributed by atoms with Crippen molar-refractivity contribution in [2.75, 3.05) is 25.2 Å². The van der Waals surface area contributed by atoms with Gasteiger partial charge in [0.15, 0.2) is 0 Å². The number of amides is 9. The first kappa shape index (κ1) is 63.4. The summed E-state index contributed by atoms with van der Waals surface area (Å²) in [6.07, 6.45) is 0.426. The quantitative estimate of drug-likeness (QED) is 0.0298. The highest BCUT2D eigenvalue weighted by Gasteiger charge is 2.37. The molecular formula is C43H76N10O15S. The fourth-order valence-corrected chi connectivity index (χ4v) is 6.85. The van der Waals surface area contributed by atoms with Crippen LogP contribution in [0.1, 0.15) is 100 Å². The molecule has 10 atom stereocenters. The molecule has 0 rings (SSSR count). The molecule has 0 aromatic carbocycles. The number of aliphatic carboxylic acids is 2. The number of carboxylic acid groups (broad SMARTS) is 2. The van der Waals surface area contributed by atoms with Crippen LogP contribution in [0, 0.1) is 23.7 Å². The number of carboxylic acids is 2. The zero-order valence-corrected chi connectivity index (χ0v) is 41.7. The first-order valence-electron chi connectivity index (χ1n) is 22.8. The maximum atomic E-state index is 14.0. The maximum absolute atomic E-state index is 14.0. The van der Waals surface area contributed by atoms with E-state index in [4.69, 9.17) is 11.5 Å². The van der Waals surface area contributed by atoms with Gasteiger partial charge in [-0.2, -0.15) is 11.8 Å². The Labute approximate surface area is 406 Å². The molecular weight excluding hydrogens is 929 g/mol. The van der Waals surface area contributed by atoms with Gasteiger partial charge in [0.2, 0.25) is 53.2 Å². The number of hydrogen-bond acceptors (Lipinski definition) is 15. The molecule has 394 valence electrons. The van der Waals surface area contributed by atoms with Gasteiger partial charge in [0.1, 0.15) is 48.3 Å². The van der Waals surface area contributed by atoms with Crippen LogP contribution in [0.3, 0.4) is 0 Å². The Morgan fingerprint density at radius 3 is 1.30 bits per heavy atom. The zero-order chi connectivity index (χ0) is 53.3. The van der Waals surface area contributed by atoms with Crippen molar-refractivity contribution in [3.63, 3.8) is 0 Å². The van der Waals surface area contributed by atoms with E-state index in [9.17, 15) is 73.2 Å². The normalized spacial score (nSPS) is 15.6. The van der Waals surface area contributed by atoms with E-state index in [1.807, 2.05) is 0 Å². The maximum Gasteiger partial charge on any atom is 0.328 e. The summed E-state index contributed by atoms with van der Waals surface area (Å²) in [5.74, 6) is -12.5. The molecule has 0 saturated carbocycles. The van der Waals surface area contributed by atoms with Crippen LogP contribution in [0.4, 0.5) is 0 Å². The van der Waals surface area contributed by atoms with Gasteiger partial charge in [-0.05, 0) is 61.4 Å². The first-order valence-corrected chi connectivity index (χ1v) is 24.2. The van der Waals surface area contributed by atoms with Gasteiger partial charge in [0.25, 0.3) is 0 Å². The molecule has 0 heterocycles. The lowest BCUT2D eigenvalue weighted by Gasteiger charge is -2.30. The van der Waals surface area contributed by atoms with Crippen molar-refractivity contribution in [2.45, 2.75) is 155 Å². The van der Waals surface area contributed by atoms with Crippen LogP contribution < -0.4 is 54.0 Å². The van der Waals surface area contributed by atoms with Crippen molar-refractivity contribution in [1.82, 2.24) is 42.5 Å². The van der Waals surface area contributed by atoms with Crippen molar-refractivity contribution >= 4 is 76.9 Å². The van der Waals surface area contributed by atoms with Crippen LogP contribution >= 0.6 is 11.8 Å². The third-order valence-corrected chi connectivity index (χ3v) is 11.5. The van der Waals surface area contributed by atoms with Crippen molar-refractivity contribution < 1.29 is 73.2 Å². The molecule has 26 heteroatoms. The molecule has 0 radical (unpaired) electrons. The molecule has 0 saturated heterocycles. The minimum Gasteiger partial charge on any atom is -0.481 e. The number of aliphatic hydroxyl groups is 2. The smallest absolute Gasteiger partial charge is 0.328 e. The van der Waals surface area contributed by atoms with Crippen molar-refractivity contribution in [3.05, 3.63) is 0 Å². The molecule has 0 fully saturated rings. The molecule has 0 aliphatic rings. The largest absolute Gasteiger partial charge is 0.481 e. The average molecular weight is 1010 g/mol. The molecule has 0 bridgehead atoms. The second-order valence-corrected chi connectivity index (χ2v) is 18.8. The molecule has 0 unspecified atom stereocenters. The summed E-state index contributed by atoms with van der Waals surface area (Å²) >= 11 is 1.31. The van der Waals surface area contributed by atoms with Gasteiger partial charge in [-0.1, -0.05) is 61.8 Å². The molecule has 25 nitrogen and oxygen atoms in total. The summed E-state index contributed by atoms with van der Waals surface area (Å²) in [5.41, 5.74) is 11.3. The van der Waals surface area contributed by atoms with Crippen LogP contribution in [0.15, 0.2) is 0 Å². The number of rotatable bonds is 34. The van der Waals surface area contributed by atoms with Crippen LogP contribution in [-0.4, -0.2) is 165 Å². The Morgan fingerprint density at radius 1 is 0.507 bits per heavy atom. The highest BCUT2D eigenvalue weighted by Crippen LogP contribution is 2.13. The van der Waals surface area contributed by atoms with Crippen LogP contribution in [0.2, 0.25) is 0 Å². The van der Waals surface area contributed by atoms with E-state index >= 15 is 0 Å². The van der Waals surface area contributed by atoms with E-state index < -0.39 is 164 Å². The average Bonchev–Trinajstić information content (AvgIpc) is 3.27. The second-order valence-electron chi connectivity index (χ2n) is 17.8. The Balaban J connectivity index is 6.50. The molecule has 69 heavy (non-hydrogen) atoms. The predicted molar refractivity (Wildman–Crippen MR) is 252 cm³/mol. The van der Waals surface area contributed by atoms with Gasteiger partial charge in [-0.15, -0.1) is 0 Å². The first-order chi connectivity index (χ1) is 32.1. The Bertz CT molecular complexity index is 1770. The van der Waals surface area contributed by atoms with E-state index in [0.717, 1.165) is 0 Å². The topological polar surface area (TPSA) is 417 Å². The molecule has 16 N–H and O–H groups in total. The fraction of sp³-hybridized carbons (Fsp3) is 0.744. The number of nitrogens with one attached hydrogen (secondary N) is 8. The highest BCUT2D eigenvalue weighted by atomic mass is 32.2. The summed E-state index contributed by atoms with van der Waals surface area (Å²) in [6, 6.07) is -12.8. The lowest BCUT2D eigenvalue weighted by atomic mass is 9.98. The van der Waals surface area contributed by atoms with E-state index in [0.29, 0.717) is 12.2 Å². The number of aliphatic hydroxyl groups excluding tert-OH is 2. The minimum absolute atomic E-state index is 0.00309. The SMILES string of the molecule is CC[C@H](C)[C@H](N)C(=O)N[C@@H](CO)C(=O)N[C@@H](CCC(=O)O)C(=O)N[C@@H](CCSC)C(=O)N[C@H](C(=O)N[C@H](C(=O)N[C@@H](CCC(N)=O)C(=O)N[C@@H](CC(C)C)C(=O)N[C@@H](CO)C(=O)O)C(C)C)C(C)C.